The van der Waals surface area contributed by atoms with E-state index >= 15 is 0 Å². The molecular formula is C17H20N4O. The van der Waals surface area contributed by atoms with Crippen LogP contribution < -0.4 is 5.32 Å². The molecule has 5 heterocycles. The first kappa shape index (κ1) is 12.6. The fourth-order valence-corrected chi connectivity index (χ4v) is 4.61. The molecule has 114 valence electrons. The molecule has 5 heteroatoms. The van der Waals surface area contributed by atoms with Crippen molar-refractivity contribution in [2.45, 2.75) is 37.3 Å². The highest BCUT2D eigenvalue weighted by atomic mass is 16.2. The Morgan fingerprint density at radius 1 is 1.36 bits per heavy atom. The van der Waals surface area contributed by atoms with Crippen molar-refractivity contribution in [1.29, 1.82) is 0 Å². The van der Waals surface area contributed by atoms with Crippen molar-refractivity contribution in [2.75, 3.05) is 13.1 Å². The molecule has 1 saturated carbocycles. The van der Waals surface area contributed by atoms with Gasteiger partial charge in [0.25, 0.3) is 5.91 Å². The second kappa shape index (κ2) is 4.32. The van der Waals surface area contributed by atoms with Crippen LogP contribution in [0.3, 0.4) is 0 Å². The molecule has 1 atom stereocenters. The number of H-pyrrole nitrogens is 1. The first-order valence-electron chi connectivity index (χ1n) is 8.25. The van der Waals surface area contributed by atoms with Gasteiger partial charge in [-0.2, -0.15) is 0 Å². The van der Waals surface area contributed by atoms with Gasteiger partial charge in [-0.05, 0) is 56.8 Å². The van der Waals surface area contributed by atoms with Crippen molar-refractivity contribution in [2.24, 2.45) is 5.92 Å². The summed E-state index contributed by atoms with van der Waals surface area (Å²) in [4.78, 5) is 22.7. The molecule has 3 aliphatic heterocycles. The lowest BCUT2D eigenvalue weighted by molar-refractivity contribution is -0.00152. The number of aromatic amines is 1. The number of fused-ring (bicyclic) bond motifs is 3. The molecule has 1 spiro atoms. The maximum absolute atomic E-state index is 12.7. The normalized spacial score (nSPS) is 31.5. The molecule has 0 unspecified atom stereocenters. The molecule has 6 rings (SSSR count). The molecule has 2 bridgehead atoms. The molecule has 1 amide bonds. The van der Waals surface area contributed by atoms with E-state index in [4.69, 9.17) is 0 Å². The fourth-order valence-electron chi connectivity index (χ4n) is 4.61. The average molecular weight is 296 g/mol. The Labute approximate surface area is 129 Å². The van der Waals surface area contributed by atoms with Gasteiger partial charge in [-0.15, -0.1) is 0 Å². The lowest BCUT2D eigenvalue weighted by Crippen LogP contribution is -2.65. The molecule has 2 aromatic rings. The van der Waals surface area contributed by atoms with Crippen LogP contribution in [0.4, 0.5) is 0 Å². The van der Waals surface area contributed by atoms with Gasteiger partial charge in [-0.1, -0.05) is 0 Å². The maximum Gasteiger partial charge on any atom is 0.270 e. The van der Waals surface area contributed by atoms with E-state index < -0.39 is 0 Å². The lowest BCUT2D eigenvalue weighted by atomic mass is 9.77. The minimum absolute atomic E-state index is 0.0264. The summed E-state index contributed by atoms with van der Waals surface area (Å²) in [6.07, 6.45) is 8.55. The number of piperidine rings is 3. The smallest absolute Gasteiger partial charge is 0.270 e. The number of carbonyl (C=O) groups is 1. The van der Waals surface area contributed by atoms with Crippen molar-refractivity contribution in [3.63, 3.8) is 0 Å². The predicted octanol–water partition coefficient (Wildman–Crippen LogP) is 1.92. The number of hydrogen-bond acceptors (Lipinski definition) is 3. The third-order valence-corrected chi connectivity index (χ3v) is 5.94. The summed E-state index contributed by atoms with van der Waals surface area (Å²) in [6, 6.07) is 4.13. The number of nitrogens with one attached hydrogen (secondary N) is 2. The summed E-state index contributed by atoms with van der Waals surface area (Å²) in [7, 11) is 0. The number of amides is 1. The summed E-state index contributed by atoms with van der Waals surface area (Å²) < 4.78 is 0. The van der Waals surface area contributed by atoms with Crippen LogP contribution >= 0.6 is 0 Å². The summed E-state index contributed by atoms with van der Waals surface area (Å²) in [5, 5.41) is 4.36. The first-order valence-corrected chi connectivity index (χ1v) is 8.25. The second-order valence-electron chi connectivity index (χ2n) is 7.01. The van der Waals surface area contributed by atoms with Gasteiger partial charge < -0.3 is 10.3 Å². The summed E-state index contributed by atoms with van der Waals surface area (Å²) >= 11 is 0. The third-order valence-electron chi connectivity index (χ3n) is 5.94. The predicted molar refractivity (Wildman–Crippen MR) is 83.6 cm³/mol. The number of rotatable bonds is 2. The van der Waals surface area contributed by atoms with Crippen molar-refractivity contribution >= 4 is 16.8 Å². The highest BCUT2D eigenvalue weighted by Gasteiger charge is 2.60. The summed E-state index contributed by atoms with van der Waals surface area (Å²) in [5.74, 6) is 0.618. The van der Waals surface area contributed by atoms with E-state index in [1.807, 2.05) is 18.3 Å². The Balaban J connectivity index is 1.42. The highest BCUT2D eigenvalue weighted by molar-refractivity contribution is 5.95. The van der Waals surface area contributed by atoms with Crippen LogP contribution in [0.1, 0.15) is 36.2 Å². The molecular weight excluding hydrogens is 276 g/mol. The third kappa shape index (κ3) is 1.69. The van der Waals surface area contributed by atoms with E-state index in [-0.39, 0.29) is 11.4 Å². The lowest BCUT2D eigenvalue weighted by Gasteiger charge is -2.52. The zero-order valence-electron chi connectivity index (χ0n) is 12.5. The minimum atomic E-state index is -0.0264. The van der Waals surface area contributed by atoms with Crippen molar-refractivity contribution in [1.82, 2.24) is 20.2 Å². The number of nitrogens with zero attached hydrogens (tertiary/aromatic N) is 2. The van der Waals surface area contributed by atoms with Gasteiger partial charge in [0.15, 0.2) is 0 Å². The molecule has 2 aromatic heterocycles. The zero-order chi connectivity index (χ0) is 14.7. The van der Waals surface area contributed by atoms with E-state index in [1.54, 1.807) is 6.20 Å². The molecule has 0 radical (unpaired) electrons. The molecule has 22 heavy (non-hydrogen) atoms. The van der Waals surface area contributed by atoms with Crippen LogP contribution in [0.25, 0.3) is 10.9 Å². The molecule has 0 aromatic carbocycles. The van der Waals surface area contributed by atoms with E-state index in [2.05, 4.69) is 20.2 Å². The molecule has 3 saturated heterocycles. The fraction of sp³-hybridized carbons (Fsp3) is 0.529. The van der Waals surface area contributed by atoms with Crippen molar-refractivity contribution < 1.29 is 4.79 Å². The molecule has 5 nitrogen and oxygen atoms in total. The molecule has 4 fully saturated rings. The van der Waals surface area contributed by atoms with Gasteiger partial charge in [0.1, 0.15) is 5.69 Å². The van der Waals surface area contributed by atoms with Gasteiger partial charge in [0.05, 0.1) is 6.04 Å². The van der Waals surface area contributed by atoms with E-state index in [9.17, 15) is 4.79 Å². The quantitative estimate of drug-likeness (QED) is 0.890. The van der Waals surface area contributed by atoms with E-state index in [0.29, 0.717) is 17.7 Å². The van der Waals surface area contributed by atoms with E-state index in [0.717, 1.165) is 10.9 Å². The van der Waals surface area contributed by atoms with Gasteiger partial charge in [0, 0.05) is 28.8 Å². The monoisotopic (exact) mass is 296 g/mol. The maximum atomic E-state index is 12.7. The Hall–Kier alpha value is -1.88. The first-order chi connectivity index (χ1) is 10.8. The number of aromatic nitrogens is 2. The standard InChI is InChI=1S/C17H20N4O/c22-16(14-9-13-12(10-19-14)1-6-18-13)20-15-11-2-7-21(8-3-11)17(15)4-5-17/h1,6,9-11,15,18H,2-5,7-8H2,(H,20,22)/t15-/m0/s1. The molecule has 1 aliphatic carbocycles. The Kier molecular flexibility index (Phi) is 2.48. The van der Waals surface area contributed by atoms with Crippen LogP contribution in [0.2, 0.25) is 0 Å². The second-order valence-corrected chi connectivity index (χ2v) is 7.01. The Bertz CT molecular complexity index is 740. The van der Waals surface area contributed by atoms with Gasteiger partial charge in [-0.25, -0.2) is 0 Å². The summed E-state index contributed by atoms with van der Waals surface area (Å²) in [6.45, 7) is 2.42. The minimum Gasteiger partial charge on any atom is -0.361 e. The number of pyridine rings is 1. The van der Waals surface area contributed by atoms with Crippen LogP contribution in [-0.4, -0.2) is 45.4 Å². The van der Waals surface area contributed by atoms with Gasteiger partial charge >= 0.3 is 0 Å². The van der Waals surface area contributed by atoms with Crippen LogP contribution in [0, 0.1) is 5.92 Å². The highest BCUT2D eigenvalue weighted by Crippen LogP contribution is 2.53. The van der Waals surface area contributed by atoms with Gasteiger partial charge in [0.2, 0.25) is 0 Å². The molecule has 2 N–H and O–H groups in total. The number of hydrogen-bond donors (Lipinski definition) is 2. The largest absolute Gasteiger partial charge is 0.361 e. The molecule has 4 aliphatic rings. The zero-order valence-corrected chi connectivity index (χ0v) is 12.5. The summed E-state index contributed by atoms with van der Waals surface area (Å²) in [5.41, 5.74) is 1.75. The van der Waals surface area contributed by atoms with Crippen molar-refractivity contribution in [3.8, 4) is 0 Å². The number of carbonyl (C=O) groups excluding carboxylic acids is 1. The Morgan fingerprint density at radius 2 is 2.18 bits per heavy atom. The topological polar surface area (TPSA) is 61.0 Å². The van der Waals surface area contributed by atoms with Gasteiger partial charge in [-0.3, -0.25) is 14.7 Å². The Morgan fingerprint density at radius 3 is 2.95 bits per heavy atom. The average Bonchev–Trinajstić information content (AvgIpc) is 3.18. The van der Waals surface area contributed by atoms with Crippen LogP contribution in [0.5, 0.6) is 0 Å². The SMILES string of the molecule is O=C(N[C@H]1C2CCN(CC2)C12CC2)c1cc2[nH]ccc2cn1. The van der Waals surface area contributed by atoms with Crippen molar-refractivity contribution in [3.05, 3.63) is 30.2 Å². The van der Waals surface area contributed by atoms with E-state index in [1.165, 1.54) is 38.8 Å². The van der Waals surface area contributed by atoms with Crippen LogP contribution in [0.15, 0.2) is 24.5 Å². The van der Waals surface area contributed by atoms with Crippen LogP contribution in [-0.2, 0) is 0 Å².